The van der Waals surface area contributed by atoms with Crippen LogP contribution < -0.4 is 10.1 Å². The molecule has 0 aliphatic carbocycles. The molecule has 1 aromatic carbocycles. The van der Waals surface area contributed by atoms with Crippen LogP contribution in [-0.2, 0) is 0 Å². The van der Waals surface area contributed by atoms with E-state index in [9.17, 15) is 4.79 Å². The van der Waals surface area contributed by atoms with Gasteiger partial charge in [-0.05, 0) is 55.7 Å². The Morgan fingerprint density at radius 3 is 2.33 bits per heavy atom. The number of pyridine rings is 1. The van der Waals surface area contributed by atoms with E-state index in [0.717, 1.165) is 28.1 Å². The maximum absolute atomic E-state index is 12.2. The number of aromatic nitrogens is 1. The molecule has 4 nitrogen and oxygen atoms in total. The molecule has 2 rings (SSSR count). The van der Waals surface area contributed by atoms with Gasteiger partial charge in [-0.2, -0.15) is 0 Å². The van der Waals surface area contributed by atoms with Crippen molar-refractivity contribution in [3.8, 4) is 5.75 Å². The molecule has 21 heavy (non-hydrogen) atoms. The Kier molecular flexibility index (Phi) is 5.73. The molecule has 0 unspecified atom stereocenters. The molecule has 2 aromatic rings. The van der Waals surface area contributed by atoms with E-state index < -0.39 is 0 Å². The first kappa shape index (κ1) is 17.0. The second kappa shape index (κ2) is 7.09. The Bertz CT molecular complexity index is 642. The van der Waals surface area contributed by atoms with Crippen LogP contribution in [0.2, 0.25) is 0 Å². The highest BCUT2D eigenvalue weighted by atomic mass is 35.5. The summed E-state index contributed by atoms with van der Waals surface area (Å²) in [5.41, 5.74) is 4.45. The van der Waals surface area contributed by atoms with Crippen molar-refractivity contribution in [2.45, 2.75) is 20.8 Å². The van der Waals surface area contributed by atoms with Crippen molar-refractivity contribution in [2.24, 2.45) is 0 Å². The Morgan fingerprint density at radius 1 is 1.14 bits per heavy atom. The van der Waals surface area contributed by atoms with Gasteiger partial charge in [0, 0.05) is 23.6 Å². The fourth-order valence-corrected chi connectivity index (χ4v) is 2.20. The standard InChI is InChI=1S/C16H18N2O2.ClH/c1-10-9-14(11(2)12(3)15(10)20-4)18-16(19)13-5-7-17-8-6-13;/h5-9H,1-4H3,(H,18,19);1H. The van der Waals surface area contributed by atoms with Crippen LogP contribution in [0.4, 0.5) is 5.69 Å². The number of nitrogens with zero attached hydrogens (tertiary/aromatic N) is 1. The number of methoxy groups -OCH3 is 1. The molecular weight excluding hydrogens is 288 g/mol. The van der Waals surface area contributed by atoms with Gasteiger partial charge in [0.05, 0.1) is 7.11 Å². The fraction of sp³-hybridized carbons (Fsp3) is 0.250. The smallest absolute Gasteiger partial charge is 0.255 e. The largest absolute Gasteiger partial charge is 0.496 e. The lowest BCUT2D eigenvalue weighted by molar-refractivity contribution is 0.102. The number of halogens is 1. The third-order valence-electron chi connectivity index (χ3n) is 3.42. The number of rotatable bonds is 3. The van der Waals surface area contributed by atoms with Crippen LogP contribution in [0.1, 0.15) is 27.0 Å². The van der Waals surface area contributed by atoms with Crippen LogP contribution in [0.5, 0.6) is 5.75 Å². The summed E-state index contributed by atoms with van der Waals surface area (Å²) < 4.78 is 5.38. The molecule has 5 heteroatoms. The van der Waals surface area contributed by atoms with Gasteiger partial charge in [0.25, 0.3) is 5.91 Å². The van der Waals surface area contributed by atoms with Crippen LogP contribution >= 0.6 is 12.4 Å². The number of aryl methyl sites for hydroxylation is 1. The van der Waals surface area contributed by atoms with Gasteiger partial charge in [0.15, 0.2) is 0 Å². The zero-order valence-electron chi connectivity index (χ0n) is 12.6. The van der Waals surface area contributed by atoms with Gasteiger partial charge in [0.1, 0.15) is 5.75 Å². The molecule has 0 aliphatic heterocycles. The van der Waals surface area contributed by atoms with Gasteiger partial charge in [-0.3, -0.25) is 9.78 Å². The molecule has 0 saturated carbocycles. The Morgan fingerprint density at radius 2 is 1.76 bits per heavy atom. The molecule has 1 amide bonds. The average Bonchev–Trinajstić information content (AvgIpc) is 2.46. The van der Waals surface area contributed by atoms with E-state index in [-0.39, 0.29) is 18.3 Å². The van der Waals surface area contributed by atoms with E-state index in [2.05, 4.69) is 10.3 Å². The highest BCUT2D eigenvalue weighted by Crippen LogP contribution is 2.31. The van der Waals surface area contributed by atoms with Crippen LogP contribution in [0.3, 0.4) is 0 Å². The summed E-state index contributed by atoms with van der Waals surface area (Å²) in [5, 5.41) is 2.94. The summed E-state index contributed by atoms with van der Waals surface area (Å²) in [4.78, 5) is 16.1. The van der Waals surface area contributed by atoms with Gasteiger partial charge < -0.3 is 10.1 Å². The van der Waals surface area contributed by atoms with Crippen molar-refractivity contribution in [3.63, 3.8) is 0 Å². The Balaban J connectivity index is 0.00000220. The van der Waals surface area contributed by atoms with Gasteiger partial charge in [0.2, 0.25) is 0 Å². The molecule has 1 heterocycles. The number of carbonyl (C=O) groups is 1. The number of hydrogen-bond acceptors (Lipinski definition) is 3. The third kappa shape index (κ3) is 3.52. The maximum Gasteiger partial charge on any atom is 0.255 e. The lowest BCUT2D eigenvalue weighted by Gasteiger charge is -2.16. The number of amides is 1. The fourth-order valence-electron chi connectivity index (χ4n) is 2.20. The van der Waals surface area contributed by atoms with Gasteiger partial charge in [-0.25, -0.2) is 0 Å². The first-order valence-electron chi connectivity index (χ1n) is 6.40. The minimum atomic E-state index is -0.139. The SMILES string of the molecule is COc1c(C)cc(NC(=O)c2ccncc2)c(C)c1C.Cl. The predicted octanol–water partition coefficient (Wildman–Crippen LogP) is 3.69. The average molecular weight is 307 g/mol. The zero-order chi connectivity index (χ0) is 14.7. The molecular formula is C16H19ClN2O2. The lowest BCUT2D eigenvalue weighted by Crippen LogP contribution is -2.13. The van der Waals surface area contributed by atoms with E-state index in [1.54, 1.807) is 31.6 Å². The van der Waals surface area contributed by atoms with Crippen LogP contribution in [-0.4, -0.2) is 18.0 Å². The number of hydrogen-bond donors (Lipinski definition) is 1. The molecule has 1 N–H and O–H groups in total. The molecule has 0 spiro atoms. The topological polar surface area (TPSA) is 51.2 Å². The summed E-state index contributed by atoms with van der Waals surface area (Å²) in [6.07, 6.45) is 3.21. The van der Waals surface area contributed by atoms with Crippen molar-refractivity contribution in [1.82, 2.24) is 4.98 Å². The van der Waals surface area contributed by atoms with Gasteiger partial charge in [-0.15, -0.1) is 12.4 Å². The van der Waals surface area contributed by atoms with Crippen molar-refractivity contribution in [2.75, 3.05) is 12.4 Å². The second-order valence-electron chi connectivity index (χ2n) is 4.71. The summed E-state index contributed by atoms with van der Waals surface area (Å²) >= 11 is 0. The number of benzene rings is 1. The normalized spacial score (nSPS) is 9.71. The van der Waals surface area contributed by atoms with Crippen LogP contribution in [0.25, 0.3) is 0 Å². The number of nitrogens with one attached hydrogen (secondary N) is 1. The number of carbonyl (C=O) groups excluding carboxylic acids is 1. The zero-order valence-corrected chi connectivity index (χ0v) is 13.4. The molecule has 0 saturated heterocycles. The van der Waals surface area contributed by atoms with Crippen molar-refractivity contribution < 1.29 is 9.53 Å². The van der Waals surface area contributed by atoms with E-state index >= 15 is 0 Å². The van der Waals surface area contributed by atoms with Gasteiger partial charge >= 0.3 is 0 Å². The minimum absolute atomic E-state index is 0. The maximum atomic E-state index is 12.2. The highest BCUT2D eigenvalue weighted by Gasteiger charge is 2.13. The number of ether oxygens (including phenoxy) is 1. The minimum Gasteiger partial charge on any atom is -0.496 e. The van der Waals surface area contributed by atoms with Crippen LogP contribution in [0, 0.1) is 20.8 Å². The third-order valence-corrected chi connectivity index (χ3v) is 3.42. The Labute approximate surface area is 131 Å². The highest BCUT2D eigenvalue weighted by molar-refractivity contribution is 6.04. The van der Waals surface area contributed by atoms with Gasteiger partial charge in [-0.1, -0.05) is 0 Å². The molecule has 0 radical (unpaired) electrons. The summed E-state index contributed by atoms with van der Waals surface area (Å²) in [5.74, 6) is 0.726. The van der Waals surface area contributed by atoms with E-state index in [4.69, 9.17) is 4.74 Å². The molecule has 0 aliphatic rings. The summed E-state index contributed by atoms with van der Waals surface area (Å²) in [6, 6.07) is 5.31. The van der Waals surface area contributed by atoms with Crippen molar-refractivity contribution >= 4 is 24.0 Å². The molecule has 0 bridgehead atoms. The summed E-state index contributed by atoms with van der Waals surface area (Å²) in [7, 11) is 1.66. The van der Waals surface area contributed by atoms with E-state index in [1.165, 1.54) is 0 Å². The second-order valence-corrected chi connectivity index (χ2v) is 4.71. The van der Waals surface area contributed by atoms with E-state index in [0.29, 0.717) is 5.56 Å². The lowest BCUT2D eigenvalue weighted by atomic mass is 10.0. The first-order valence-corrected chi connectivity index (χ1v) is 6.40. The predicted molar refractivity (Wildman–Crippen MR) is 86.6 cm³/mol. The van der Waals surface area contributed by atoms with Crippen molar-refractivity contribution in [3.05, 3.63) is 52.8 Å². The quantitative estimate of drug-likeness (QED) is 0.941. The molecule has 0 atom stereocenters. The van der Waals surface area contributed by atoms with E-state index in [1.807, 2.05) is 26.8 Å². The Hall–Kier alpha value is -2.07. The molecule has 1 aromatic heterocycles. The molecule has 0 fully saturated rings. The number of anilines is 1. The monoisotopic (exact) mass is 306 g/mol. The molecule has 112 valence electrons. The first-order chi connectivity index (χ1) is 9.54. The van der Waals surface area contributed by atoms with Crippen molar-refractivity contribution in [1.29, 1.82) is 0 Å². The van der Waals surface area contributed by atoms with Crippen LogP contribution in [0.15, 0.2) is 30.6 Å². The summed E-state index contributed by atoms with van der Waals surface area (Å²) in [6.45, 7) is 5.93.